The number of benzene rings is 1. The van der Waals surface area contributed by atoms with Gasteiger partial charge in [-0.2, -0.15) is 0 Å². The van der Waals surface area contributed by atoms with Gasteiger partial charge in [0.05, 0.1) is 0 Å². The van der Waals surface area contributed by atoms with Crippen LogP contribution in [0.2, 0.25) is 0 Å². The number of fused-ring (bicyclic) bond motifs is 1. The summed E-state index contributed by atoms with van der Waals surface area (Å²) in [6.07, 6.45) is 5.73. The number of nitrogens with zero attached hydrogens (tertiary/aromatic N) is 1. The van der Waals surface area contributed by atoms with Gasteiger partial charge in [-0.1, -0.05) is 63.9 Å². The Morgan fingerprint density at radius 1 is 1.20 bits per heavy atom. The molecule has 2 heteroatoms. The lowest BCUT2D eigenvalue weighted by Gasteiger charge is -2.38. The first kappa shape index (κ1) is 15.1. The molecule has 0 spiro atoms. The standard InChI is InChI=1S/C16H21NO.C2H6/c1-16-10-6-5-9-14(16)17(15(18)11-16)12-13-7-3-2-4-8-13;1-2/h2-4,7-8,14H,5-6,9-12H2,1H3;1-2H3/t14-,16-;/m0./s1. The summed E-state index contributed by atoms with van der Waals surface area (Å²) < 4.78 is 0. The van der Waals surface area contributed by atoms with Crippen molar-refractivity contribution in [2.24, 2.45) is 5.41 Å². The van der Waals surface area contributed by atoms with Crippen LogP contribution in [0.25, 0.3) is 0 Å². The van der Waals surface area contributed by atoms with E-state index in [1.54, 1.807) is 0 Å². The Morgan fingerprint density at radius 2 is 1.90 bits per heavy atom. The molecule has 1 aliphatic carbocycles. The number of hydrogen-bond acceptors (Lipinski definition) is 1. The zero-order valence-electron chi connectivity index (χ0n) is 13.1. The molecule has 1 heterocycles. The van der Waals surface area contributed by atoms with Gasteiger partial charge in [0.15, 0.2) is 0 Å². The molecule has 0 aromatic heterocycles. The monoisotopic (exact) mass is 273 g/mol. The predicted octanol–water partition coefficient (Wildman–Crippen LogP) is 4.39. The smallest absolute Gasteiger partial charge is 0.223 e. The lowest BCUT2D eigenvalue weighted by Crippen LogP contribution is -2.40. The minimum Gasteiger partial charge on any atom is -0.335 e. The van der Waals surface area contributed by atoms with E-state index in [-0.39, 0.29) is 5.41 Å². The van der Waals surface area contributed by atoms with Crippen molar-refractivity contribution in [3.8, 4) is 0 Å². The lowest BCUT2D eigenvalue weighted by atomic mass is 9.72. The molecule has 110 valence electrons. The molecule has 1 aromatic carbocycles. The molecule has 0 unspecified atom stereocenters. The third-order valence-corrected chi connectivity index (χ3v) is 4.73. The molecule has 20 heavy (non-hydrogen) atoms. The second kappa shape index (κ2) is 6.43. The Morgan fingerprint density at radius 3 is 2.60 bits per heavy atom. The van der Waals surface area contributed by atoms with Crippen LogP contribution in [-0.2, 0) is 11.3 Å². The number of rotatable bonds is 2. The van der Waals surface area contributed by atoms with Gasteiger partial charge in [-0.3, -0.25) is 4.79 Å². The minimum absolute atomic E-state index is 0.240. The first-order valence-electron chi connectivity index (χ1n) is 8.02. The fourth-order valence-corrected chi connectivity index (χ4v) is 3.72. The van der Waals surface area contributed by atoms with E-state index in [0.717, 1.165) is 13.0 Å². The Hall–Kier alpha value is -1.31. The van der Waals surface area contributed by atoms with Gasteiger partial charge >= 0.3 is 0 Å². The molecule has 0 bridgehead atoms. The molecule has 2 nitrogen and oxygen atoms in total. The first-order chi connectivity index (χ1) is 9.69. The van der Waals surface area contributed by atoms with Crippen LogP contribution in [0, 0.1) is 5.41 Å². The Bertz CT molecular complexity index is 442. The van der Waals surface area contributed by atoms with Crippen LogP contribution in [0.5, 0.6) is 0 Å². The second-order valence-electron chi connectivity index (χ2n) is 6.10. The SMILES string of the molecule is CC.C[C@@]12CCCC[C@@H]1N(Cc1ccccc1)C(=O)C2. The van der Waals surface area contributed by atoms with Gasteiger partial charge in [0.25, 0.3) is 0 Å². The molecule has 2 atom stereocenters. The van der Waals surface area contributed by atoms with Crippen molar-refractivity contribution < 1.29 is 4.79 Å². The Kier molecular flexibility index (Phi) is 4.85. The number of amides is 1. The van der Waals surface area contributed by atoms with Crippen LogP contribution < -0.4 is 0 Å². The maximum atomic E-state index is 12.3. The van der Waals surface area contributed by atoms with Gasteiger partial charge in [0.2, 0.25) is 5.91 Å². The normalized spacial score (nSPS) is 28.6. The van der Waals surface area contributed by atoms with Gasteiger partial charge in [-0.05, 0) is 23.8 Å². The largest absolute Gasteiger partial charge is 0.335 e. The number of hydrogen-bond donors (Lipinski definition) is 0. The zero-order chi connectivity index (χ0) is 14.6. The Labute approximate surface area is 123 Å². The first-order valence-corrected chi connectivity index (χ1v) is 8.02. The average Bonchev–Trinajstić information content (AvgIpc) is 2.73. The number of likely N-dealkylation sites (tertiary alicyclic amines) is 1. The molecule has 1 amide bonds. The van der Waals surface area contributed by atoms with Crippen molar-refractivity contribution in [2.75, 3.05) is 0 Å². The molecule has 1 aromatic rings. The molecule has 0 radical (unpaired) electrons. The molecule has 1 saturated carbocycles. The van der Waals surface area contributed by atoms with E-state index >= 15 is 0 Å². The van der Waals surface area contributed by atoms with Gasteiger partial charge in [-0.15, -0.1) is 0 Å². The van der Waals surface area contributed by atoms with Gasteiger partial charge in [0, 0.05) is 19.0 Å². The van der Waals surface area contributed by atoms with Crippen LogP contribution in [0.15, 0.2) is 30.3 Å². The predicted molar refractivity (Wildman–Crippen MR) is 83.3 cm³/mol. The number of carbonyl (C=O) groups excluding carboxylic acids is 1. The van der Waals surface area contributed by atoms with E-state index in [4.69, 9.17) is 0 Å². The lowest BCUT2D eigenvalue weighted by molar-refractivity contribution is -0.129. The fraction of sp³-hybridized carbons (Fsp3) is 0.611. The van der Waals surface area contributed by atoms with E-state index in [0.29, 0.717) is 11.9 Å². The van der Waals surface area contributed by atoms with Gasteiger partial charge in [0.1, 0.15) is 0 Å². The molecule has 2 fully saturated rings. The van der Waals surface area contributed by atoms with Gasteiger partial charge < -0.3 is 4.90 Å². The van der Waals surface area contributed by atoms with Crippen LogP contribution in [0.1, 0.15) is 58.4 Å². The molecule has 3 rings (SSSR count). The average molecular weight is 273 g/mol. The molecule has 0 N–H and O–H groups in total. The molecular weight excluding hydrogens is 246 g/mol. The van der Waals surface area contributed by atoms with Crippen molar-refractivity contribution in [2.45, 2.75) is 65.5 Å². The summed E-state index contributed by atoms with van der Waals surface area (Å²) in [7, 11) is 0. The summed E-state index contributed by atoms with van der Waals surface area (Å²) in [6.45, 7) is 7.10. The highest BCUT2D eigenvalue weighted by Gasteiger charge is 2.48. The van der Waals surface area contributed by atoms with E-state index in [2.05, 4.69) is 36.1 Å². The summed E-state index contributed by atoms with van der Waals surface area (Å²) in [4.78, 5) is 14.4. The van der Waals surface area contributed by atoms with Crippen molar-refractivity contribution in [3.63, 3.8) is 0 Å². The quantitative estimate of drug-likeness (QED) is 0.782. The van der Waals surface area contributed by atoms with Crippen molar-refractivity contribution in [3.05, 3.63) is 35.9 Å². The van der Waals surface area contributed by atoms with E-state index in [1.165, 1.54) is 31.2 Å². The molecule has 2 aliphatic rings. The Balaban J connectivity index is 0.000000704. The van der Waals surface area contributed by atoms with Crippen LogP contribution in [0.3, 0.4) is 0 Å². The highest BCUT2D eigenvalue weighted by molar-refractivity contribution is 5.80. The minimum atomic E-state index is 0.240. The van der Waals surface area contributed by atoms with Crippen molar-refractivity contribution in [1.82, 2.24) is 4.90 Å². The number of carbonyl (C=O) groups is 1. The summed E-state index contributed by atoms with van der Waals surface area (Å²) in [6, 6.07) is 10.8. The highest BCUT2D eigenvalue weighted by Crippen LogP contribution is 2.47. The van der Waals surface area contributed by atoms with E-state index in [1.807, 2.05) is 19.9 Å². The summed E-state index contributed by atoms with van der Waals surface area (Å²) in [5, 5.41) is 0. The van der Waals surface area contributed by atoms with E-state index < -0.39 is 0 Å². The van der Waals surface area contributed by atoms with Crippen LogP contribution >= 0.6 is 0 Å². The fourth-order valence-electron chi connectivity index (χ4n) is 3.72. The topological polar surface area (TPSA) is 20.3 Å². The summed E-state index contributed by atoms with van der Waals surface area (Å²) in [5.41, 5.74) is 1.49. The maximum absolute atomic E-state index is 12.3. The summed E-state index contributed by atoms with van der Waals surface area (Å²) in [5.74, 6) is 0.355. The summed E-state index contributed by atoms with van der Waals surface area (Å²) >= 11 is 0. The zero-order valence-corrected chi connectivity index (χ0v) is 13.1. The van der Waals surface area contributed by atoms with Crippen molar-refractivity contribution in [1.29, 1.82) is 0 Å². The van der Waals surface area contributed by atoms with Crippen LogP contribution in [-0.4, -0.2) is 16.8 Å². The van der Waals surface area contributed by atoms with Gasteiger partial charge in [-0.25, -0.2) is 0 Å². The highest BCUT2D eigenvalue weighted by atomic mass is 16.2. The second-order valence-corrected chi connectivity index (χ2v) is 6.10. The molecule has 1 aliphatic heterocycles. The van der Waals surface area contributed by atoms with Crippen LogP contribution in [0.4, 0.5) is 0 Å². The molecular formula is C18H27NO. The third-order valence-electron chi connectivity index (χ3n) is 4.73. The molecule has 1 saturated heterocycles. The van der Waals surface area contributed by atoms with E-state index in [9.17, 15) is 4.79 Å². The maximum Gasteiger partial charge on any atom is 0.223 e. The third kappa shape index (κ3) is 2.89. The van der Waals surface area contributed by atoms with Crippen molar-refractivity contribution >= 4 is 5.91 Å².